The number of hydrogen-bond donors (Lipinski definition) is 0. The summed E-state index contributed by atoms with van der Waals surface area (Å²) in [6, 6.07) is 53.4. The summed E-state index contributed by atoms with van der Waals surface area (Å²) in [4.78, 5) is 0. The van der Waals surface area contributed by atoms with E-state index in [0.29, 0.717) is 11.3 Å². The first kappa shape index (κ1) is 25.8. The van der Waals surface area contributed by atoms with Crippen LogP contribution in [0.25, 0.3) is 109 Å². The Labute approximate surface area is 343 Å². The molecule has 0 aliphatic rings. The Hall–Kier alpha value is -7.20. The summed E-state index contributed by atoms with van der Waals surface area (Å²) in [5.41, 5.74) is 8.85. The van der Waals surface area contributed by atoms with Crippen LogP contribution in [0.5, 0.6) is 0 Å². The van der Waals surface area contributed by atoms with Crippen molar-refractivity contribution in [1.82, 2.24) is 9.13 Å². The second-order valence-corrected chi connectivity index (χ2v) is 15.4. The molecule has 0 saturated heterocycles. The number of para-hydroxylation sites is 2. The van der Waals surface area contributed by atoms with Crippen molar-refractivity contribution in [2.75, 3.05) is 0 Å². The molecule has 0 spiro atoms. The Morgan fingerprint density at radius 2 is 1.11 bits per heavy atom. The predicted molar refractivity (Wildman–Crippen MR) is 244 cm³/mol. The normalized spacial score (nSPS) is 13.6. The number of rotatable bonds is 5. The van der Waals surface area contributed by atoms with Gasteiger partial charge in [-0.05, 0) is 94.5 Å². The van der Waals surface area contributed by atoms with Crippen molar-refractivity contribution in [3.8, 4) is 44.8 Å². The minimum atomic E-state index is -0.420. The highest BCUT2D eigenvalue weighted by molar-refractivity contribution is 7.25. The largest absolute Gasteiger partial charge is 0.309 e. The van der Waals surface area contributed by atoms with Crippen molar-refractivity contribution >= 4 is 75.1 Å². The average Bonchev–Trinajstić information content (AvgIpc) is 4.01. The molecule has 9 aromatic carbocycles. The number of hydrogen-bond acceptors (Lipinski definition) is 1. The van der Waals surface area contributed by atoms with E-state index >= 15 is 0 Å². The first-order chi connectivity index (χ1) is 31.2. The van der Waals surface area contributed by atoms with Gasteiger partial charge in [-0.25, -0.2) is 0 Å². The molecule has 0 N–H and O–H groups in total. The molecule has 0 atom stereocenters. The van der Waals surface area contributed by atoms with Gasteiger partial charge in [-0.2, -0.15) is 0 Å². The highest BCUT2D eigenvalue weighted by Gasteiger charge is 2.20. The minimum absolute atomic E-state index is 0.0763. The van der Waals surface area contributed by atoms with Crippen molar-refractivity contribution in [3.63, 3.8) is 0 Å². The highest BCUT2D eigenvalue weighted by atomic mass is 32.1. The molecule has 0 bridgehead atoms. The van der Waals surface area contributed by atoms with Crippen molar-refractivity contribution in [2.45, 2.75) is 0 Å². The molecule has 0 amide bonds. The fourth-order valence-electron chi connectivity index (χ4n) is 8.64. The van der Waals surface area contributed by atoms with Gasteiger partial charge in [0.1, 0.15) is 0 Å². The van der Waals surface area contributed by atoms with E-state index in [0.717, 1.165) is 69.9 Å². The van der Waals surface area contributed by atoms with E-state index in [1.54, 1.807) is 15.9 Å². The molecule has 0 aliphatic carbocycles. The van der Waals surface area contributed by atoms with Gasteiger partial charge in [0.15, 0.2) is 0 Å². The van der Waals surface area contributed by atoms with E-state index in [2.05, 4.69) is 71.3 Å². The molecule has 0 unspecified atom stereocenters. The third-order valence-corrected chi connectivity index (χ3v) is 12.3. The predicted octanol–water partition coefficient (Wildman–Crippen LogP) is 15.2. The van der Waals surface area contributed by atoms with E-state index in [1.165, 1.54) is 0 Å². The van der Waals surface area contributed by atoms with Gasteiger partial charge in [-0.15, -0.1) is 11.3 Å². The van der Waals surface area contributed by atoms with E-state index in [4.69, 9.17) is 2.74 Å². The number of nitrogens with zero attached hydrogens (tertiary/aromatic N) is 2. The fraction of sp³-hybridized carbons (Fsp3) is 0. The van der Waals surface area contributed by atoms with Crippen LogP contribution >= 0.6 is 11.3 Å². The number of fused-ring (bicyclic) bond motifs is 9. The molecule has 12 rings (SSSR count). The SMILES string of the molecule is [2H]c1c([2H])c([2H])c2c(c1[2H])c1c([2H])c(-c3ccc4c(c3)c3c(-c5ccccc5)cccc3n4-c3ccccc3-c3ccccc3)c([2H])c([2H])c1n2-c1ccc2sc3ccccc3c2c1. The monoisotopic (exact) mass is 749 g/mol. The molecule has 3 heterocycles. The lowest BCUT2D eigenvalue weighted by molar-refractivity contribution is 1.18. The van der Waals surface area contributed by atoms with Crippen molar-refractivity contribution in [1.29, 1.82) is 0 Å². The highest BCUT2D eigenvalue weighted by Crippen LogP contribution is 2.43. The van der Waals surface area contributed by atoms with E-state index in [-0.39, 0.29) is 57.6 Å². The summed E-state index contributed by atoms with van der Waals surface area (Å²) >= 11 is 1.66. The van der Waals surface area contributed by atoms with Gasteiger partial charge < -0.3 is 9.13 Å². The van der Waals surface area contributed by atoms with Gasteiger partial charge >= 0.3 is 0 Å². The minimum Gasteiger partial charge on any atom is -0.309 e. The Bertz CT molecular complexity index is 3930. The molecule has 57 heavy (non-hydrogen) atoms. The molecule has 12 aromatic rings. The lowest BCUT2D eigenvalue weighted by Gasteiger charge is -2.14. The third kappa shape index (κ3) is 4.96. The summed E-state index contributed by atoms with van der Waals surface area (Å²) < 4.78 is 71.6. The molecular weight excluding hydrogens is 709 g/mol. The first-order valence-electron chi connectivity index (χ1n) is 22.4. The molecule has 0 aliphatic heterocycles. The van der Waals surface area contributed by atoms with Gasteiger partial charge in [-0.3, -0.25) is 0 Å². The Morgan fingerprint density at radius 1 is 0.386 bits per heavy atom. The second kappa shape index (κ2) is 12.7. The Balaban J connectivity index is 1.17. The summed E-state index contributed by atoms with van der Waals surface area (Å²) in [6.07, 6.45) is 0. The Morgan fingerprint density at radius 3 is 1.98 bits per heavy atom. The molecule has 3 heteroatoms. The van der Waals surface area contributed by atoms with Gasteiger partial charge in [-0.1, -0.05) is 139 Å². The van der Waals surface area contributed by atoms with Gasteiger partial charge in [0.2, 0.25) is 0 Å². The quantitative estimate of drug-likeness (QED) is 0.166. The molecular formula is C54H34N2S. The first-order valence-corrected chi connectivity index (χ1v) is 19.8. The second-order valence-electron chi connectivity index (χ2n) is 14.3. The van der Waals surface area contributed by atoms with Crippen LogP contribution in [0.1, 0.15) is 9.60 Å². The van der Waals surface area contributed by atoms with Crippen molar-refractivity contribution in [3.05, 3.63) is 206 Å². The van der Waals surface area contributed by atoms with Crippen molar-refractivity contribution < 1.29 is 9.60 Å². The number of thiophene rings is 1. The third-order valence-electron chi connectivity index (χ3n) is 11.2. The zero-order chi connectivity index (χ0) is 43.5. The molecule has 0 saturated carbocycles. The molecule has 3 aromatic heterocycles. The Kier molecular flexibility index (Phi) is 5.74. The zero-order valence-corrected chi connectivity index (χ0v) is 31.2. The maximum absolute atomic E-state index is 10.0. The topological polar surface area (TPSA) is 9.86 Å². The fourth-order valence-corrected chi connectivity index (χ4v) is 9.73. The summed E-state index contributed by atoms with van der Waals surface area (Å²) in [5, 5.41) is 4.29. The molecule has 266 valence electrons. The van der Waals surface area contributed by atoms with Crippen LogP contribution in [0.15, 0.2) is 206 Å². The van der Waals surface area contributed by atoms with Crippen LogP contribution in [0, 0.1) is 0 Å². The summed E-state index contributed by atoms with van der Waals surface area (Å²) in [5.74, 6) is 0. The number of benzene rings is 9. The van der Waals surface area contributed by atoms with Crippen LogP contribution in [0.3, 0.4) is 0 Å². The summed E-state index contributed by atoms with van der Waals surface area (Å²) in [6.45, 7) is 0. The van der Waals surface area contributed by atoms with Crippen molar-refractivity contribution in [2.24, 2.45) is 0 Å². The summed E-state index contributed by atoms with van der Waals surface area (Å²) in [7, 11) is 0. The standard InChI is InChI=1S/C54H34N2S/c1-3-14-35(15-4-1)40-18-7-10-22-47(40)56-50-30-27-38(33-46(50)54-41(21-13-24-51(54)56)36-16-5-2-6-17-36)37-26-29-49-44(32-37)42-19-8-11-23-48(42)55(49)39-28-31-53-45(34-39)43-20-9-12-25-52(43)57-53/h1-34H/i8D,11D,19D,23D,26D,29D,32D. The van der Waals surface area contributed by atoms with E-state index < -0.39 is 12.1 Å². The van der Waals surface area contributed by atoms with E-state index in [1.807, 2.05) is 97.1 Å². The van der Waals surface area contributed by atoms with Crippen LogP contribution in [0.2, 0.25) is 0 Å². The maximum atomic E-state index is 10.0. The number of aromatic nitrogens is 2. The zero-order valence-electron chi connectivity index (χ0n) is 37.4. The van der Waals surface area contributed by atoms with Crippen LogP contribution < -0.4 is 0 Å². The molecule has 2 nitrogen and oxygen atoms in total. The molecule has 0 fully saturated rings. The van der Waals surface area contributed by atoms with E-state index in [9.17, 15) is 6.85 Å². The van der Waals surface area contributed by atoms with Gasteiger partial charge in [0.25, 0.3) is 0 Å². The molecule has 0 radical (unpaired) electrons. The lowest BCUT2D eigenvalue weighted by Crippen LogP contribution is -1.97. The van der Waals surface area contributed by atoms with Crippen LogP contribution in [-0.2, 0) is 0 Å². The van der Waals surface area contributed by atoms with Crippen LogP contribution in [0.4, 0.5) is 0 Å². The van der Waals surface area contributed by atoms with Gasteiger partial charge in [0, 0.05) is 53.0 Å². The lowest BCUT2D eigenvalue weighted by atomic mass is 9.97. The maximum Gasteiger partial charge on any atom is 0.0645 e. The smallest absolute Gasteiger partial charge is 0.0645 e. The van der Waals surface area contributed by atoms with Gasteiger partial charge in [0.05, 0.1) is 37.3 Å². The van der Waals surface area contributed by atoms with Crippen LogP contribution in [-0.4, -0.2) is 9.13 Å². The average molecular weight is 750 g/mol.